The summed E-state index contributed by atoms with van der Waals surface area (Å²) < 4.78 is 32.1. The van der Waals surface area contributed by atoms with E-state index in [1.54, 1.807) is 42.3 Å². The molecule has 0 amide bonds. The van der Waals surface area contributed by atoms with Crippen molar-refractivity contribution in [1.82, 2.24) is 14.5 Å². The lowest BCUT2D eigenvalue weighted by Crippen LogP contribution is -2.04. The van der Waals surface area contributed by atoms with E-state index in [0.717, 1.165) is 16.6 Å². The van der Waals surface area contributed by atoms with Crippen LogP contribution >= 0.6 is 0 Å². The van der Waals surface area contributed by atoms with E-state index < -0.39 is 11.6 Å². The Kier molecular flexibility index (Phi) is 3.98. The van der Waals surface area contributed by atoms with Crippen LogP contribution in [0, 0.1) is 11.6 Å². The predicted octanol–water partition coefficient (Wildman–Crippen LogP) is 5.56. The summed E-state index contributed by atoms with van der Waals surface area (Å²) in [5, 5.41) is 4.59. The van der Waals surface area contributed by atoms with Gasteiger partial charge >= 0.3 is 0 Å². The van der Waals surface area contributed by atoms with E-state index in [0.29, 0.717) is 16.6 Å². The van der Waals surface area contributed by atoms with Gasteiger partial charge in [0.05, 0.1) is 16.7 Å². The first-order valence-electron chi connectivity index (χ1n) is 9.15. The zero-order chi connectivity index (χ0) is 20.0. The van der Waals surface area contributed by atoms with Crippen LogP contribution in [-0.4, -0.2) is 21.6 Å². The SMILES string of the molecule is CNc1ccc2c(-n3ccc4cnccc43)c(F)c(-c3ccccc3F)nc2c1. The summed E-state index contributed by atoms with van der Waals surface area (Å²) >= 11 is 0. The summed E-state index contributed by atoms with van der Waals surface area (Å²) in [7, 11) is 1.80. The molecule has 0 saturated carbocycles. The molecule has 0 aliphatic carbocycles. The van der Waals surface area contributed by atoms with Crippen LogP contribution in [0.25, 0.3) is 38.8 Å². The first-order valence-corrected chi connectivity index (χ1v) is 9.15. The lowest BCUT2D eigenvalue weighted by molar-refractivity contribution is 0.609. The minimum absolute atomic E-state index is 0.0187. The maximum absolute atomic E-state index is 15.9. The second-order valence-electron chi connectivity index (χ2n) is 6.71. The fraction of sp³-hybridized carbons (Fsp3) is 0.0435. The van der Waals surface area contributed by atoms with Gasteiger partial charge in [0.1, 0.15) is 11.5 Å². The van der Waals surface area contributed by atoms with Crippen LogP contribution in [0.2, 0.25) is 0 Å². The number of aromatic nitrogens is 3. The first kappa shape index (κ1) is 17.3. The molecule has 1 N–H and O–H groups in total. The van der Waals surface area contributed by atoms with Crippen molar-refractivity contribution in [1.29, 1.82) is 0 Å². The molecule has 6 heteroatoms. The Morgan fingerprint density at radius 3 is 2.69 bits per heavy atom. The summed E-state index contributed by atoms with van der Waals surface area (Å²) in [6.07, 6.45) is 5.18. The molecule has 29 heavy (non-hydrogen) atoms. The van der Waals surface area contributed by atoms with Gasteiger partial charge in [0.2, 0.25) is 0 Å². The fourth-order valence-electron chi connectivity index (χ4n) is 3.62. The molecule has 0 fully saturated rings. The van der Waals surface area contributed by atoms with Gasteiger partial charge in [-0.25, -0.2) is 13.8 Å². The van der Waals surface area contributed by atoms with Crippen LogP contribution in [0.3, 0.4) is 0 Å². The van der Waals surface area contributed by atoms with Gasteiger partial charge in [-0.1, -0.05) is 12.1 Å². The monoisotopic (exact) mass is 386 g/mol. The number of pyridine rings is 2. The molecule has 0 aliphatic heterocycles. The Bertz CT molecular complexity index is 1370. The van der Waals surface area contributed by atoms with E-state index >= 15 is 4.39 Å². The molecule has 142 valence electrons. The van der Waals surface area contributed by atoms with Gasteiger partial charge < -0.3 is 9.88 Å². The van der Waals surface area contributed by atoms with Gasteiger partial charge in [-0.3, -0.25) is 4.98 Å². The largest absolute Gasteiger partial charge is 0.388 e. The lowest BCUT2D eigenvalue weighted by Gasteiger charge is -2.15. The van der Waals surface area contributed by atoms with Crippen LogP contribution < -0.4 is 5.32 Å². The van der Waals surface area contributed by atoms with Crippen molar-refractivity contribution in [3.63, 3.8) is 0 Å². The summed E-state index contributed by atoms with van der Waals surface area (Å²) in [6, 6.07) is 15.3. The molecule has 4 nitrogen and oxygen atoms in total. The number of rotatable bonds is 3. The Morgan fingerprint density at radius 1 is 1.00 bits per heavy atom. The smallest absolute Gasteiger partial charge is 0.174 e. The number of anilines is 1. The minimum atomic E-state index is -0.575. The zero-order valence-electron chi connectivity index (χ0n) is 15.5. The highest BCUT2D eigenvalue weighted by molar-refractivity contribution is 5.94. The topological polar surface area (TPSA) is 42.7 Å². The van der Waals surface area contributed by atoms with Crippen LogP contribution in [0.5, 0.6) is 0 Å². The Balaban J connectivity index is 1.91. The van der Waals surface area contributed by atoms with Crippen molar-refractivity contribution < 1.29 is 8.78 Å². The van der Waals surface area contributed by atoms with Gasteiger partial charge in [-0.2, -0.15) is 0 Å². The molecule has 3 aromatic heterocycles. The first-order chi connectivity index (χ1) is 14.2. The molecule has 0 aliphatic rings. The van der Waals surface area contributed by atoms with Crippen LogP contribution in [0.15, 0.2) is 73.2 Å². The summed E-state index contributed by atoms with van der Waals surface area (Å²) in [6.45, 7) is 0. The van der Waals surface area contributed by atoms with E-state index in [9.17, 15) is 4.39 Å². The number of nitrogens with one attached hydrogen (secondary N) is 1. The maximum atomic E-state index is 15.9. The van der Waals surface area contributed by atoms with Gasteiger partial charge in [0, 0.05) is 47.7 Å². The van der Waals surface area contributed by atoms with Crippen LogP contribution in [0.1, 0.15) is 0 Å². The van der Waals surface area contributed by atoms with Crippen molar-refractivity contribution >= 4 is 27.5 Å². The minimum Gasteiger partial charge on any atom is -0.388 e. The van der Waals surface area contributed by atoms with Crippen molar-refractivity contribution in [3.05, 3.63) is 84.8 Å². The highest BCUT2D eigenvalue weighted by Gasteiger charge is 2.21. The van der Waals surface area contributed by atoms with Gasteiger partial charge in [-0.15, -0.1) is 0 Å². The van der Waals surface area contributed by atoms with E-state index in [1.165, 1.54) is 12.1 Å². The number of nitrogens with zero attached hydrogens (tertiary/aromatic N) is 3. The molecule has 5 aromatic rings. The van der Waals surface area contributed by atoms with Crippen molar-refractivity contribution in [2.24, 2.45) is 0 Å². The number of hydrogen-bond acceptors (Lipinski definition) is 3. The molecule has 5 rings (SSSR count). The quantitative estimate of drug-likeness (QED) is 0.441. The molecular formula is C23H16F2N4. The Hall–Kier alpha value is -3.80. The summed E-state index contributed by atoms with van der Waals surface area (Å²) in [4.78, 5) is 8.61. The highest BCUT2D eigenvalue weighted by Crippen LogP contribution is 2.35. The van der Waals surface area contributed by atoms with Crippen molar-refractivity contribution in [2.75, 3.05) is 12.4 Å². The molecule has 0 atom stereocenters. The molecule has 0 bridgehead atoms. The third-order valence-corrected chi connectivity index (χ3v) is 5.05. The van der Waals surface area contributed by atoms with E-state index in [2.05, 4.69) is 15.3 Å². The van der Waals surface area contributed by atoms with Gasteiger partial charge in [-0.05, 0) is 42.5 Å². The molecule has 3 heterocycles. The second-order valence-corrected chi connectivity index (χ2v) is 6.71. The molecule has 0 unspecified atom stereocenters. The third kappa shape index (κ3) is 2.72. The number of fused-ring (bicyclic) bond motifs is 2. The number of hydrogen-bond donors (Lipinski definition) is 1. The Labute approximate surface area is 165 Å². The van der Waals surface area contributed by atoms with Crippen LogP contribution in [0.4, 0.5) is 14.5 Å². The van der Waals surface area contributed by atoms with Gasteiger partial charge in [0.25, 0.3) is 0 Å². The molecule has 2 aromatic carbocycles. The summed E-state index contributed by atoms with van der Waals surface area (Å²) in [5.74, 6) is -1.09. The zero-order valence-corrected chi connectivity index (χ0v) is 15.5. The van der Waals surface area contributed by atoms with Crippen molar-refractivity contribution in [2.45, 2.75) is 0 Å². The van der Waals surface area contributed by atoms with E-state index in [1.807, 2.05) is 30.3 Å². The second kappa shape index (κ2) is 6.67. The molecular weight excluding hydrogens is 370 g/mol. The number of halogens is 2. The normalized spacial score (nSPS) is 11.3. The standard InChI is InChI=1S/C23H16F2N4/c1-26-15-6-7-17-19(12-15)28-22(16-4-2-3-5-18(16)24)21(25)23(17)29-11-9-14-13-27-10-8-20(14)29/h2-13,26H,1H3. The average molecular weight is 386 g/mol. The molecule has 0 radical (unpaired) electrons. The van der Waals surface area contributed by atoms with E-state index in [-0.39, 0.29) is 11.3 Å². The Morgan fingerprint density at radius 2 is 1.86 bits per heavy atom. The van der Waals surface area contributed by atoms with Crippen molar-refractivity contribution in [3.8, 4) is 16.9 Å². The molecule has 0 spiro atoms. The van der Waals surface area contributed by atoms with Crippen LogP contribution in [-0.2, 0) is 0 Å². The van der Waals surface area contributed by atoms with Gasteiger partial charge in [0.15, 0.2) is 5.82 Å². The highest BCUT2D eigenvalue weighted by atomic mass is 19.1. The van der Waals surface area contributed by atoms with E-state index in [4.69, 9.17) is 0 Å². The molecule has 0 saturated heterocycles. The summed E-state index contributed by atoms with van der Waals surface area (Å²) in [5.41, 5.74) is 2.66. The third-order valence-electron chi connectivity index (χ3n) is 5.05. The lowest BCUT2D eigenvalue weighted by atomic mass is 10.1. The predicted molar refractivity (Wildman–Crippen MR) is 111 cm³/mol. The maximum Gasteiger partial charge on any atom is 0.174 e. The average Bonchev–Trinajstić information content (AvgIpc) is 3.17. The number of benzene rings is 2. The fourth-order valence-corrected chi connectivity index (χ4v) is 3.62.